The fourth-order valence-electron chi connectivity index (χ4n) is 3.07. The highest BCUT2D eigenvalue weighted by atomic mass is 35.5. The van der Waals surface area contributed by atoms with E-state index in [-0.39, 0.29) is 35.5 Å². The van der Waals surface area contributed by atoms with Crippen molar-refractivity contribution < 1.29 is 18.6 Å². The second kappa shape index (κ2) is 12.6. The number of halogens is 3. The monoisotopic (exact) mass is 533 g/mol. The molecule has 0 amide bonds. The van der Waals surface area contributed by atoms with Gasteiger partial charge in [-0.2, -0.15) is 0 Å². The van der Waals surface area contributed by atoms with Crippen LogP contribution in [0.4, 0.5) is 8.78 Å². The van der Waals surface area contributed by atoms with Gasteiger partial charge < -0.3 is 20.6 Å². The largest absolute Gasteiger partial charge is 0.485 e. The van der Waals surface area contributed by atoms with E-state index in [1.807, 2.05) is 0 Å². The molecule has 8 nitrogen and oxygen atoms in total. The molecular weight excluding hydrogens is 504 g/mol. The molecule has 0 fully saturated rings. The van der Waals surface area contributed by atoms with Crippen molar-refractivity contribution in [2.45, 2.75) is 46.8 Å². The van der Waals surface area contributed by atoms with Crippen molar-refractivity contribution in [1.82, 2.24) is 14.9 Å². The van der Waals surface area contributed by atoms with Gasteiger partial charge >= 0.3 is 0 Å². The summed E-state index contributed by atoms with van der Waals surface area (Å²) in [4.78, 5) is 21.0. The maximum atomic E-state index is 13.9. The molecule has 37 heavy (non-hydrogen) atoms. The summed E-state index contributed by atoms with van der Waals surface area (Å²) in [6, 6.07) is 2.21. The number of pyridine rings is 2. The first-order valence-electron chi connectivity index (χ1n) is 11.2. The Hall–Kier alpha value is -3.63. The van der Waals surface area contributed by atoms with Gasteiger partial charge in [0.2, 0.25) is 0 Å². The van der Waals surface area contributed by atoms with Crippen LogP contribution < -0.4 is 15.6 Å². The summed E-state index contributed by atoms with van der Waals surface area (Å²) in [5.74, 6) is -1.65. The maximum Gasteiger partial charge on any atom is 0.277 e. The smallest absolute Gasteiger partial charge is 0.277 e. The molecule has 0 aliphatic heterocycles. The molecule has 2 heterocycles. The van der Waals surface area contributed by atoms with Crippen LogP contribution in [0.25, 0.3) is 5.70 Å². The lowest BCUT2D eigenvalue weighted by atomic mass is 10.0. The third kappa shape index (κ3) is 7.93. The van der Waals surface area contributed by atoms with E-state index >= 15 is 0 Å². The molecule has 0 unspecified atom stereocenters. The number of allylic oxidation sites excluding steroid dienone is 4. The van der Waals surface area contributed by atoms with E-state index in [0.717, 1.165) is 6.20 Å². The van der Waals surface area contributed by atoms with Crippen molar-refractivity contribution in [2.75, 3.05) is 6.67 Å². The molecule has 0 spiro atoms. The fourth-order valence-corrected chi connectivity index (χ4v) is 3.27. The molecule has 0 radical (unpaired) electrons. The standard InChI is InChI=1S/C26H30ClF2N5O3/c1-7-21(15(2)11-31-14-33-16(3)8-23(30)26(5,6)36)34-17(4)9-22(24(27)25(34)35)37-13-20-19(29)10-18(28)12-32-20/h7-12,30,33,36H,1,13-14H2,2-6H3/b16-8-,21-15+,30-23?,31-11-. The van der Waals surface area contributed by atoms with Crippen molar-refractivity contribution in [2.24, 2.45) is 4.99 Å². The average Bonchev–Trinajstić information content (AvgIpc) is 2.81. The number of nitrogens with zero attached hydrogens (tertiary/aromatic N) is 3. The van der Waals surface area contributed by atoms with E-state index in [2.05, 4.69) is 21.9 Å². The summed E-state index contributed by atoms with van der Waals surface area (Å²) in [7, 11) is 0. The minimum absolute atomic E-state index is 0.0313. The van der Waals surface area contributed by atoms with E-state index in [0.29, 0.717) is 28.7 Å². The van der Waals surface area contributed by atoms with Crippen LogP contribution in [-0.4, -0.2) is 38.9 Å². The molecule has 198 valence electrons. The van der Waals surface area contributed by atoms with Crippen molar-refractivity contribution >= 4 is 29.2 Å². The van der Waals surface area contributed by atoms with Gasteiger partial charge in [-0.05, 0) is 52.3 Å². The lowest BCUT2D eigenvalue weighted by Crippen LogP contribution is -2.29. The second-order valence-corrected chi connectivity index (χ2v) is 9.07. The fraction of sp³-hybridized carbons (Fsp3) is 0.308. The van der Waals surface area contributed by atoms with Crippen molar-refractivity contribution in [1.29, 1.82) is 5.41 Å². The lowest BCUT2D eigenvalue weighted by molar-refractivity contribution is 0.154. The Morgan fingerprint density at radius 3 is 2.65 bits per heavy atom. The highest BCUT2D eigenvalue weighted by Gasteiger charge is 2.18. The highest BCUT2D eigenvalue weighted by Crippen LogP contribution is 2.25. The van der Waals surface area contributed by atoms with Crippen LogP contribution in [0.15, 0.2) is 58.1 Å². The number of aryl methyl sites for hydroxylation is 1. The van der Waals surface area contributed by atoms with Gasteiger partial charge in [-0.3, -0.25) is 19.3 Å². The third-order valence-electron chi connectivity index (χ3n) is 5.14. The minimum Gasteiger partial charge on any atom is -0.485 e. The summed E-state index contributed by atoms with van der Waals surface area (Å²) in [6.07, 6.45) is 5.44. The summed E-state index contributed by atoms with van der Waals surface area (Å²) in [6.45, 7) is 11.9. The molecule has 0 atom stereocenters. The molecule has 2 rings (SSSR count). The Labute approximate surface area is 219 Å². The van der Waals surface area contributed by atoms with Crippen LogP contribution in [0.1, 0.15) is 39.1 Å². The zero-order valence-electron chi connectivity index (χ0n) is 21.3. The zero-order chi connectivity index (χ0) is 27.9. The highest BCUT2D eigenvalue weighted by molar-refractivity contribution is 6.31. The van der Waals surface area contributed by atoms with Crippen molar-refractivity contribution in [3.8, 4) is 5.75 Å². The van der Waals surface area contributed by atoms with Crippen LogP contribution >= 0.6 is 11.6 Å². The number of aliphatic hydroxyl groups is 1. The van der Waals surface area contributed by atoms with Gasteiger partial charge in [0, 0.05) is 29.7 Å². The molecule has 3 N–H and O–H groups in total. The topological polar surface area (TPSA) is 113 Å². The predicted molar refractivity (Wildman–Crippen MR) is 142 cm³/mol. The SMILES string of the molecule is C=C/C(=C(C)\C=N/CN/C(C)=C\C(=N)C(C)(C)O)n1c(C)cc(OCc2ncc(F)cc2F)c(Cl)c1=O. The number of aliphatic imine (C=N–C) groups is 1. The number of rotatable bonds is 11. The van der Waals surface area contributed by atoms with Gasteiger partial charge in [-0.15, -0.1) is 0 Å². The molecule has 0 aliphatic rings. The molecule has 11 heteroatoms. The zero-order valence-corrected chi connectivity index (χ0v) is 22.1. The second-order valence-electron chi connectivity index (χ2n) is 8.69. The lowest BCUT2D eigenvalue weighted by Gasteiger charge is -2.16. The van der Waals surface area contributed by atoms with Crippen LogP contribution in [0.3, 0.4) is 0 Å². The molecule has 0 saturated heterocycles. The van der Waals surface area contributed by atoms with Crippen molar-refractivity contribution in [3.63, 3.8) is 0 Å². The van der Waals surface area contributed by atoms with Crippen molar-refractivity contribution in [3.05, 3.63) is 86.7 Å². The first-order chi connectivity index (χ1) is 17.3. The maximum absolute atomic E-state index is 13.9. The van der Waals surface area contributed by atoms with Gasteiger partial charge in [-0.25, -0.2) is 8.78 Å². The summed E-state index contributed by atoms with van der Waals surface area (Å²) >= 11 is 6.27. The molecule has 0 aliphatic carbocycles. The first kappa shape index (κ1) is 29.6. The Bertz CT molecular complexity index is 1340. The molecule has 0 bridgehead atoms. The number of aromatic nitrogens is 2. The summed E-state index contributed by atoms with van der Waals surface area (Å²) in [5, 5.41) is 20.5. The quantitative estimate of drug-likeness (QED) is 0.284. The molecule has 0 saturated carbocycles. The predicted octanol–water partition coefficient (Wildman–Crippen LogP) is 4.79. The van der Waals surface area contributed by atoms with Gasteiger partial charge in [0.05, 0.1) is 17.6 Å². The number of nitrogens with one attached hydrogen (secondary N) is 2. The normalized spacial score (nSPS) is 12.9. The number of hydrogen-bond donors (Lipinski definition) is 3. The van der Waals surface area contributed by atoms with Crippen LogP contribution in [-0.2, 0) is 6.61 Å². The van der Waals surface area contributed by atoms with Gasteiger partial charge in [0.25, 0.3) is 5.56 Å². The van der Waals surface area contributed by atoms with Crippen LogP contribution in [0.5, 0.6) is 5.75 Å². The van der Waals surface area contributed by atoms with E-state index in [4.69, 9.17) is 21.7 Å². The van der Waals surface area contributed by atoms with Crippen LogP contribution in [0, 0.1) is 24.0 Å². The van der Waals surface area contributed by atoms with Crippen LogP contribution in [0.2, 0.25) is 5.02 Å². The third-order valence-corrected chi connectivity index (χ3v) is 5.49. The number of ether oxygens (including phenoxy) is 1. The van der Waals surface area contributed by atoms with E-state index in [1.54, 1.807) is 27.0 Å². The first-order valence-corrected chi connectivity index (χ1v) is 11.6. The van der Waals surface area contributed by atoms with Gasteiger partial charge in [0.1, 0.15) is 41.2 Å². The average molecular weight is 534 g/mol. The van der Waals surface area contributed by atoms with E-state index in [9.17, 15) is 18.7 Å². The Kier molecular flexibility index (Phi) is 10.0. The van der Waals surface area contributed by atoms with E-state index < -0.39 is 22.8 Å². The molecular formula is C26H30ClF2N5O3. The number of hydrogen-bond acceptors (Lipinski definition) is 7. The Morgan fingerprint density at radius 1 is 1.38 bits per heavy atom. The minimum atomic E-state index is -1.24. The molecule has 0 aromatic carbocycles. The summed E-state index contributed by atoms with van der Waals surface area (Å²) in [5.41, 5.74) is 0.303. The van der Waals surface area contributed by atoms with E-state index in [1.165, 1.54) is 36.6 Å². The molecule has 2 aromatic heterocycles. The molecule has 2 aromatic rings. The van der Waals surface area contributed by atoms with Gasteiger partial charge in [-0.1, -0.05) is 18.2 Å². The summed E-state index contributed by atoms with van der Waals surface area (Å²) < 4.78 is 33.8. The Balaban J connectivity index is 2.23. The van der Waals surface area contributed by atoms with Gasteiger partial charge in [0.15, 0.2) is 5.82 Å². The Morgan fingerprint density at radius 2 is 2.05 bits per heavy atom.